The molecular weight excluding hydrogens is 354 g/mol. The summed E-state index contributed by atoms with van der Waals surface area (Å²) >= 11 is 0. The molecule has 1 aliphatic heterocycles. The zero-order chi connectivity index (χ0) is 19.9. The fourth-order valence-corrected chi connectivity index (χ4v) is 3.22. The number of carbonyl (C=O) groups is 1. The summed E-state index contributed by atoms with van der Waals surface area (Å²) in [6, 6.07) is 11.2. The van der Waals surface area contributed by atoms with Gasteiger partial charge in [0.1, 0.15) is 11.3 Å². The van der Waals surface area contributed by atoms with Gasteiger partial charge in [0.15, 0.2) is 5.82 Å². The summed E-state index contributed by atoms with van der Waals surface area (Å²) in [5.74, 6) is 6.23. The Morgan fingerprint density at radius 1 is 1.21 bits per heavy atom. The highest BCUT2D eigenvalue weighted by Crippen LogP contribution is 2.24. The van der Waals surface area contributed by atoms with Crippen molar-refractivity contribution >= 4 is 22.8 Å². The third kappa shape index (κ3) is 3.15. The molecule has 0 radical (unpaired) electrons. The number of nitrogens with zero attached hydrogens (tertiary/aromatic N) is 4. The van der Waals surface area contributed by atoms with Crippen LogP contribution in [0.2, 0.25) is 0 Å². The van der Waals surface area contributed by atoms with Crippen molar-refractivity contribution in [3.8, 4) is 23.1 Å². The van der Waals surface area contributed by atoms with Crippen molar-refractivity contribution in [3.63, 3.8) is 0 Å². The van der Waals surface area contributed by atoms with Crippen LogP contribution in [0.5, 0.6) is 0 Å². The number of likely N-dealkylation sites (tertiary alicyclic amines) is 1. The second kappa shape index (κ2) is 6.59. The highest BCUT2D eigenvalue weighted by atomic mass is 16.3. The number of amides is 1. The van der Waals surface area contributed by atoms with Crippen molar-refractivity contribution in [1.29, 1.82) is 0 Å². The average Bonchev–Trinajstić information content (AvgIpc) is 2.94. The first kappa shape index (κ1) is 17.9. The van der Waals surface area contributed by atoms with Gasteiger partial charge in [-0.3, -0.25) is 4.79 Å². The van der Waals surface area contributed by atoms with Crippen LogP contribution in [0.1, 0.15) is 17.8 Å². The van der Waals surface area contributed by atoms with Crippen molar-refractivity contribution in [2.45, 2.75) is 18.9 Å². The Bertz CT molecular complexity index is 1160. The molecule has 0 spiro atoms. The lowest BCUT2D eigenvalue weighted by atomic mass is 10.0. The van der Waals surface area contributed by atoms with E-state index in [4.69, 9.17) is 5.73 Å². The molecule has 1 atom stereocenters. The van der Waals surface area contributed by atoms with Gasteiger partial charge in [0.2, 0.25) is 5.60 Å². The number of hydrogen-bond acceptors (Lipinski definition) is 6. The van der Waals surface area contributed by atoms with E-state index in [1.165, 1.54) is 4.90 Å². The van der Waals surface area contributed by atoms with Crippen molar-refractivity contribution in [2.24, 2.45) is 0 Å². The van der Waals surface area contributed by atoms with Crippen LogP contribution >= 0.6 is 0 Å². The molecule has 140 valence electrons. The molecule has 1 amide bonds. The minimum absolute atomic E-state index is 0.306. The Labute approximate surface area is 162 Å². The third-order valence-electron chi connectivity index (χ3n) is 4.76. The van der Waals surface area contributed by atoms with Crippen LogP contribution in [0.4, 0.5) is 5.82 Å². The molecule has 2 aromatic heterocycles. The molecule has 1 fully saturated rings. The lowest BCUT2D eigenvalue weighted by molar-refractivity contribution is -0.137. The van der Waals surface area contributed by atoms with Crippen LogP contribution in [-0.4, -0.2) is 50.1 Å². The Balaban J connectivity index is 1.70. The van der Waals surface area contributed by atoms with E-state index in [0.29, 0.717) is 46.9 Å². The number of hydrogen-bond donors (Lipinski definition) is 2. The predicted octanol–water partition coefficient (Wildman–Crippen LogP) is 1.53. The maximum absolute atomic E-state index is 12.1. The Kier molecular flexibility index (Phi) is 4.21. The first-order valence-electron chi connectivity index (χ1n) is 8.88. The van der Waals surface area contributed by atoms with Crippen LogP contribution in [0.3, 0.4) is 0 Å². The minimum atomic E-state index is -1.62. The van der Waals surface area contributed by atoms with E-state index in [9.17, 15) is 9.90 Å². The lowest BCUT2D eigenvalue weighted by Gasteiger charge is -2.13. The van der Waals surface area contributed by atoms with Crippen molar-refractivity contribution in [1.82, 2.24) is 19.9 Å². The second-order valence-electron chi connectivity index (χ2n) is 6.89. The van der Waals surface area contributed by atoms with Crippen LogP contribution in [-0.2, 0) is 4.79 Å². The van der Waals surface area contributed by atoms with Gasteiger partial charge in [-0.05, 0) is 31.2 Å². The van der Waals surface area contributed by atoms with Crippen molar-refractivity contribution < 1.29 is 9.90 Å². The Morgan fingerprint density at radius 2 is 2.04 bits per heavy atom. The largest absolute Gasteiger partial charge is 0.382 e. The number of nitrogens with two attached hydrogens (primary N) is 1. The van der Waals surface area contributed by atoms with Crippen molar-refractivity contribution in [3.05, 3.63) is 47.8 Å². The van der Waals surface area contributed by atoms with Gasteiger partial charge in [-0.15, -0.1) is 0 Å². The van der Waals surface area contributed by atoms with Crippen LogP contribution < -0.4 is 5.73 Å². The Hall–Kier alpha value is -3.50. The Morgan fingerprint density at radius 3 is 2.79 bits per heavy atom. The van der Waals surface area contributed by atoms with Gasteiger partial charge >= 0.3 is 0 Å². The quantitative estimate of drug-likeness (QED) is 0.627. The van der Waals surface area contributed by atoms with E-state index in [1.54, 1.807) is 14.0 Å². The van der Waals surface area contributed by atoms with Gasteiger partial charge in [-0.25, -0.2) is 15.0 Å². The SMILES string of the molecule is Cc1nc(N)c2nc(-c3cccc(C#CC4(O)CCN(C)C4=O)c3)ccc2n1. The first-order valence-corrected chi connectivity index (χ1v) is 8.88. The number of nitrogen functional groups attached to an aromatic ring is 1. The second-order valence-corrected chi connectivity index (χ2v) is 6.89. The number of rotatable bonds is 1. The fourth-order valence-electron chi connectivity index (χ4n) is 3.22. The summed E-state index contributed by atoms with van der Waals surface area (Å²) in [5, 5.41) is 10.4. The zero-order valence-electron chi connectivity index (χ0n) is 15.6. The maximum atomic E-state index is 12.1. The van der Waals surface area contributed by atoms with Gasteiger partial charge in [0, 0.05) is 31.1 Å². The van der Waals surface area contributed by atoms with Gasteiger partial charge < -0.3 is 15.7 Å². The molecule has 0 aliphatic carbocycles. The molecule has 1 aliphatic rings. The summed E-state index contributed by atoms with van der Waals surface area (Å²) in [5.41, 5.74) is 7.86. The van der Waals surface area contributed by atoms with E-state index >= 15 is 0 Å². The van der Waals surface area contributed by atoms with Gasteiger partial charge in [0.25, 0.3) is 5.91 Å². The van der Waals surface area contributed by atoms with E-state index < -0.39 is 5.60 Å². The highest BCUT2D eigenvalue weighted by Gasteiger charge is 2.42. The molecule has 4 rings (SSSR count). The monoisotopic (exact) mass is 373 g/mol. The van der Waals surface area contributed by atoms with Crippen molar-refractivity contribution in [2.75, 3.05) is 19.3 Å². The summed E-state index contributed by atoms with van der Waals surface area (Å²) in [6.07, 6.45) is 0.306. The van der Waals surface area contributed by atoms with Crippen LogP contribution in [0.15, 0.2) is 36.4 Å². The molecule has 0 bridgehead atoms. The average molecular weight is 373 g/mol. The topological polar surface area (TPSA) is 105 Å². The number of aromatic nitrogens is 3. The zero-order valence-corrected chi connectivity index (χ0v) is 15.6. The number of benzene rings is 1. The van der Waals surface area contributed by atoms with Crippen LogP contribution in [0, 0.1) is 18.8 Å². The lowest BCUT2D eigenvalue weighted by Crippen LogP contribution is -2.37. The van der Waals surface area contributed by atoms with Gasteiger partial charge in [-0.1, -0.05) is 24.0 Å². The van der Waals surface area contributed by atoms with E-state index in [-0.39, 0.29) is 5.91 Å². The maximum Gasteiger partial charge on any atom is 0.267 e. The number of aliphatic hydroxyl groups is 1. The first-order chi connectivity index (χ1) is 13.4. The van der Waals surface area contributed by atoms with E-state index in [0.717, 1.165) is 5.56 Å². The van der Waals surface area contributed by atoms with Gasteiger partial charge in [-0.2, -0.15) is 0 Å². The fraction of sp³-hybridized carbons (Fsp3) is 0.238. The molecule has 3 aromatic rings. The molecule has 28 heavy (non-hydrogen) atoms. The molecule has 1 saturated heterocycles. The third-order valence-corrected chi connectivity index (χ3v) is 4.76. The summed E-state index contributed by atoms with van der Waals surface area (Å²) in [6.45, 7) is 2.28. The number of carbonyl (C=O) groups excluding carboxylic acids is 1. The van der Waals surface area contributed by atoms with E-state index in [2.05, 4.69) is 26.8 Å². The van der Waals surface area contributed by atoms with Crippen LogP contribution in [0.25, 0.3) is 22.3 Å². The highest BCUT2D eigenvalue weighted by molar-refractivity contribution is 5.90. The number of fused-ring (bicyclic) bond motifs is 1. The summed E-state index contributed by atoms with van der Waals surface area (Å²) in [7, 11) is 1.66. The summed E-state index contributed by atoms with van der Waals surface area (Å²) in [4.78, 5) is 26.6. The number of likely N-dealkylation sites (N-methyl/N-ethyl adjacent to an activating group) is 1. The normalized spacial score (nSPS) is 19.0. The molecule has 7 heteroatoms. The standard InChI is InChI=1S/C21H19N5O2/c1-13-23-17-7-6-16(25-18(17)19(22)24-13)15-5-3-4-14(12-15)8-9-21(28)10-11-26(2)20(21)27/h3-7,12,28H,10-11H2,1-2H3,(H2,22,23,24). The predicted molar refractivity (Wildman–Crippen MR) is 106 cm³/mol. The van der Waals surface area contributed by atoms with E-state index in [1.807, 2.05) is 36.4 Å². The molecule has 7 nitrogen and oxygen atoms in total. The number of pyridine rings is 1. The molecule has 3 heterocycles. The molecule has 3 N–H and O–H groups in total. The molecule has 1 aromatic carbocycles. The number of anilines is 1. The summed E-state index contributed by atoms with van der Waals surface area (Å²) < 4.78 is 0. The number of aryl methyl sites for hydroxylation is 1. The minimum Gasteiger partial charge on any atom is -0.382 e. The smallest absolute Gasteiger partial charge is 0.267 e. The van der Waals surface area contributed by atoms with Gasteiger partial charge in [0.05, 0.1) is 11.2 Å². The molecular formula is C21H19N5O2. The molecule has 1 unspecified atom stereocenters. The molecule has 0 saturated carbocycles.